The summed E-state index contributed by atoms with van der Waals surface area (Å²) in [6.45, 7) is 4.64. The first kappa shape index (κ1) is 18.6. The highest BCUT2D eigenvalue weighted by Gasteiger charge is 2.25. The molecule has 0 aliphatic carbocycles. The lowest BCUT2D eigenvalue weighted by Gasteiger charge is -2.28. The monoisotopic (exact) mass is 369 g/mol. The van der Waals surface area contributed by atoms with Gasteiger partial charge in [-0.05, 0) is 43.7 Å². The van der Waals surface area contributed by atoms with Crippen LogP contribution in [0.3, 0.4) is 0 Å². The van der Waals surface area contributed by atoms with Gasteiger partial charge in [-0.3, -0.25) is 9.59 Å². The molecule has 0 saturated carbocycles. The first-order valence-corrected chi connectivity index (χ1v) is 8.95. The molecule has 142 valence electrons. The first-order valence-electron chi connectivity index (χ1n) is 8.95. The molecule has 0 fully saturated rings. The van der Waals surface area contributed by atoms with Crippen LogP contribution >= 0.6 is 0 Å². The van der Waals surface area contributed by atoms with Crippen LogP contribution < -0.4 is 25.4 Å². The van der Waals surface area contributed by atoms with Crippen molar-refractivity contribution in [3.8, 4) is 11.5 Å². The van der Waals surface area contributed by atoms with Gasteiger partial charge in [0.15, 0.2) is 18.1 Å². The Hall–Kier alpha value is -3.22. The second-order valence-electron chi connectivity index (χ2n) is 5.98. The summed E-state index contributed by atoms with van der Waals surface area (Å²) < 4.78 is 11.2. The van der Waals surface area contributed by atoms with Gasteiger partial charge in [0.25, 0.3) is 11.8 Å². The van der Waals surface area contributed by atoms with Gasteiger partial charge in [0.1, 0.15) is 6.17 Å². The first-order chi connectivity index (χ1) is 13.1. The molecule has 3 N–H and O–H groups in total. The Kier molecular flexibility index (Phi) is 5.80. The maximum atomic E-state index is 12.3. The molecule has 7 nitrogen and oxygen atoms in total. The zero-order chi connectivity index (χ0) is 19.2. The summed E-state index contributed by atoms with van der Waals surface area (Å²) in [4.78, 5) is 24.0. The van der Waals surface area contributed by atoms with Crippen LogP contribution in [0.4, 0.5) is 5.69 Å². The molecule has 0 radical (unpaired) electrons. The van der Waals surface area contributed by atoms with E-state index in [1.165, 1.54) is 0 Å². The molecule has 1 unspecified atom stereocenters. The summed E-state index contributed by atoms with van der Waals surface area (Å²) in [6, 6.07) is 12.7. The normalized spacial score (nSPS) is 15.2. The van der Waals surface area contributed by atoms with Crippen LogP contribution in [0.1, 0.15) is 35.9 Å². The minimum Gasteiger partial charge on any atom is -0.490 e. The van der Waals surface area contributed by atoms with E-state index >= 15 is 0 Å². The fraction of sp³-hybridized carbons (Fsp3) is 0.300. The lowest BCUT2D eigenvalue weighted by Crippen LogP contribution is -2.38. The number of hydrogen-bond donors (Lipinski definition) is 3. The second kappa shape index (κ2) is 8.44. The van der Waals surface area contributed by atoms with Crippen LogP contribution in [0.5, 0.6) is 11.5 Å². The molecule has 0 bridgehead atoms. The lowest BCUT2D eigenvalue weighted by atomic mass is 10.1. The molecule has 0 saturated heterocycles. The SMILES string of the molecule is CCNC(=O)COc1ccc(C2NC(=O)c3ccccc3N2)cc1OCC. The van der Waals surface area contributed by atoms with Gasteiger partial charge in [0.2, 0.25) is 0 Å². The van der Waals surface area contributed by atoms with E-state index in [-0.39, 0.29) is 24.6 Å². The summed E-state index contributed by atoms with van der Waals surface area (Å²) in [5, 5.41) is 8.92. The lowest BCUT2D eigenvalue weighted by molar-refractivity contribution is -0.123. The minimum atomic E-state index is -0.385. The largest absolute Gasteiger partial charge is 0.490 e. The van der Waals surface area contributed by atoms with Crippen LogP contribution in [0, 0.1) is 0 Å². The van der Waals surface area contributed by atoms with Crippen LogP contribution in [-0.4, -0.2) is 31.6 Å². The fourth-order valence-electron chi connectivity index (χ4n) is 2.86. The van der Waals surface area contributed by atoms with Crippen molar-refractivity contribution < 1.29 is 19.1 Å². The van der Waals surface area contributed by atoms with Crippen LogP contribution in [0.25, 0.3) is 0 Å². The van der Waals surface area contributed by atoms with Gasteiger partial charge in [-0.1, -0.05) is 18.2 Å². The maximum Gasteiger partial charge on any atom is 0.257 e. The summed E-state index contributed by atoms with van der Waals surface area (Å²) in [7, 11) is 0. The topological polar surface area (TPSA) is 88.7 Å². The van der Waals surface area contributed by atoms with Gasteiger partial charge < -0.3 is 25.4 Å². The number of rotatable bonds is 7. The molecule has 1 atom stereocenters. The summed E-state index contributed by atoms with van der Waals surface area (Å²) in [5.41, 5.74) is 2.22. The van der Waals surface area contributed by atoms with E-state index in [1.54, 1.807) is 12.1 Å². The zero-order valence-electron chi connectivity index (χ0n) is 15.4. The Balaban J connectivity index is 1.80. The van der Waals surface area contributed by atoms with Crippen molar-refractivity contribution in [1.29, 1.82) is 0 Å². The predicted octanol–water partition coefficient (Wildman–Crippen LogP) is 2.45. The number of amides is 2. The number of likely N-dealkylation sites (N-methyl/N-ethyl adjacent to an activating group) is 1. The average Bonchev–Trinajstić information content (AvgIpc) is 2.67. The van der Waals surface area contributed by atoms with Crippen LogP contribution in [-0.2, 0) is 4.79 Å². The van der Waals surface area contributed by atoms with E-state index in [0.29, 0.717) is 30.2 Å². The highest BCUT2D eigenvalue weighted by Crippen LogP contribution is 2.33. The third kappa shape index (κ3) is 4.31. The molecule has 0 aromatic heterocycles. The molecule has 1 aliphatic heterocycles. The third-order valence-electron chi connectivity index (χ3n) is 4.08. The zero-order valence-corrected chi connectivity index (χ0v) is 15.4. The molecule has 0 spiro atoms. The van der Waals surface area contributed by atoms with Crippen molar-refractivity contribution in [2.75, 3.05) is 25.1 Å². The van der Waals surface area contributed by atoms with E-state index in [2.05, 4.69) is 16.0 Å². The van der Waals surface area contributed by atoms with Gasteiger partial charge in [-0.25, -0.2) is 0 Å². The highest BCUT2D eigenvalue weighted by atomic mass is 16.5. The minimum absolute atomic E-state index is 0.0843. The van der Waals surface area contributed by atoms with Gasteiger partial charge in [-0.15, -0.1) is 0 Å². The molecule has 7 heteroatoms. The molecule has 2 aromatic carbocycles. The summed E-state index contributed by atoms with van der Waals surface area (Å²) >= 11 is 0. The number of para-hydroxylation sites is 1. The van der Waals surface area contributed by atoms with Crippen LogP contribution in [0.2, 0.25) is 0 Å². The molecule has 2 aromatic rings. The van der Waals surface area contributed by atoms with E-state index in [0.717, 1.165) is 11.3 Å². The van der Waals surface area contributed by atoms with Gasteiger partial charge in [-0.2, -0.15) is 0 Å². The van der Waals surface area contributed by atoms with Gasteiger partial charge in [0.05, 0.1) is 12.2 Å². The van der Waals surface area contributed by atoms with Crippen molar-refractivity contribution in [2.45, 2.75) is 20.0 Å². The molecular formula is C20H23N3O4. The number of carbonyl (C=O) groups is 2. The quantitative estimate of drug-likeness (QED) is 0.698. The predicted molar refractivity (Wildman–Crippen MR) is 102 cm³/mol. The number of carbonyl (C=O) groups excluding carboxylic acids is 2. The number of benzene rings is 2. The van der Waals surface area contributed by atoms with Gasteiger partial charge >= 0.3 is 0 Å². The number of nitrogens with one attached hydrogen (secondary N) is 3. The Labute approximate surface area is 158 Å². The molecule has 3 rings (SSSR count). The number of ether oxygens (including phenoxy) is 2. The molecule has 1 heterocycles. The van der Waals surface area contributed by atoms with Crippen molar-refractivity contribution >= 4 is 17.5 Å². The average molecular weight is 369 g/mol. The van der Waals surface area contributed by atoms with Crippen molar-refractivity contribution in [1.82, 2.24) is 10.6 Å². The molecular weight excluding hydrogens is 346 g/mol. The fourth-order valence-corrected chi connectivity index (χ4v) is 2.86. The summed E-state index contributed by atoms with van der Waals surface area (Å²) in [5.74, 6) is 0.675. The van der Waals surface area contributed by atoms with E-state index < -0.39 is 0 Å². The Morgan fingerprint density at radius 1 is 1.07 bits per heavy atom. The molecule has 2 amide bonds. The molecule has 1 aliphatic rings. The number of hydrogen-bond acceptors (Lipinski definition) is 5. The van der Waals surface area contributed by atoms with Crippen molar-refractivity contribution in [3.05, 3.63) is 53.6 Å². The standard InChI is InChI=1S/C20H23N3O4/c1-3-21-18(24)12-27-16-10-9-13(11-17(16)26-4-2)19-22-15-8-6-5-7-14(15)20(25)23-19/h5-11,19,22H,3-4,12H2,1-2H3,(H,21,24)(H,23,25). The molecule has 27 heavy (non-hydrogen) atoms. The third-order valence-corrected chi connectivity index (χ3v) is 4.08. The highest BCUT2D eigenvalue weighted by molar-refractivity contribution is 6.01. The van der Waals surface area contributed by atoms with Crippen molar-refractivity contribution in [3.63, 3.8) is 0 Å². The Morgan fingerprint density at radius 2 is 1.89 bits per heavy atom. The Bertz CT molecular complexity index is 838. The second-order valence-corrected chi connectivity index (χ2v) is 5.98. The van der Waals surface area contributed by atoms with E-state index in [4.69, 9.17) is 9.47 Å². The van der Waals surface area contributed by atoms with Crippen molar-refractivity contribution in [2.24, 2.45) is 0 Å². The van der Waals surface area contributed by atoms with E-state index in [9.17, 15) is 9.59 Å². The Morgan fingerprint density at radius 3 is 2.67 bits per heavy atom. The number of anilines is 1. The maximum absolute atomic E-state index is 12.3. The van der Waals surface area contributed by atoms with Crippen LogP contribution in [0.15, 0.2) is 42.5 Å². The summed E-state index contributed by atoms with van der Waals surface area (Å²) in [6.07, 6.45) is -0.385. The number of fused-ring (bicyclic) bond motifs is 1. The van der Waals surface area contributed by atoms with Gasteiger partial charge in [0, 0.05) is 12.2 Å². The van der Waals surface area contributed by atoms with E-state index in [1.807, 2.05) is 44.2 Å². The smallest absolute Gasteiger partial charge is 0.257 e.